The minimum atomic E-state index is -2.18. The Balaban J connectivity index is 2.54. The van der Waals surface area contributed by atoms with E-state index in [0.717, 1.165) is 0 Å². The quantitative estimate of drug-likeness (QED) is 0.346. The van der Waals surface area contributed by atoms with Crippen molar-refractivity contribution in [3.05, 3.63) is 58.7 Å². The maximum absolute atomic E-state index is 13.3. The number of halogens is 8. The molecule has 9 heteroatoms. The summed E-state index contributed by atoms with van der Waals surface area (Å²) in [7, 11) is 0.307. The van der Waals surface area contributed by atoms with Gasteiger partial charge < -0.3 is 0 Å². The molecule has 2 aromatic carbocycles. The van der Waals surface area contributed by atoms with E-state index in [1.54, 1.807) is 0 Å². The minimum Gasteiger partial charge on any atom is -0.204 e. The van der Waals surface area contributed by atoms with E-state index in [-0.39, 0.29) is 12.1 Å². The van der Waals surface area contributed by atoms with Crippen molar-refractivity contribution >= 4 is 18.2 Å². The summed E-state index contributed by atoms with van der Waals surface area (Å²) in [4.78, 5) is 0. The SMILES string of the molecule is Fc1cc([B]c2cc(F)c(F)c(F)c2F)c(F)c(F)c1F. The van der Waals surface area contributed by atoms with Gasteiger partial charge in [-0.3, -0.25) is 0 Å². The van der Waals surface area contributed by atoms with Crippen LogP contribution in [0.15, 0.2) is 12.1 Å². The molecule has 0 unspecified atom stereocenters. The van der Waals surface area contributed by atoms with Gasteiger partial charge in [-0.15, -0.1) is 0 Å². The van der Waals surface area contributed by atoms with E-state index >= 15 is 0 Å². The Morgan fingerprint density at radius 2 is 0.810 bits per heavy atom. The predicted octanol–water partition coefficient (Wildman–Crippen LogP) is 2.45. The molecule has 109 valence electrons. The molecule has 0 aliphatic carbocycles. The van der Waals surface area contributed by atoms with E-state index in [2.05, 4.69) is 0 Å². The highest BCUT2D eigenvalue weighted by Gasteiger charge is 2.23. The van der Waals surface area contributed by atoms with Crippen LogP contribution in [0.2, 0.25) is 0 Å². The van der Waals surface area contributed by atoms with Crippen LogP contribution in [0.25, 0.3) is 0 Å². The molecule has 0 aliphatic heterocycles. The number of rotatable bonds is 2. The van der Waals surface area contributed by atoms with Crippen LogP contribution in [-0.4, -0.2) is 7.28 Å². The third-order valence-corrected chi connectivity index (χ3v) is 2.57. The van der Waals surface area contributed by atoms with E-state index in [9.17, 15) is 35.1 Å². The molecule has 0 saturated carbocycles. The van der Waals surface area contributed by atoms with Crippen molar-refractivity contribution in [2.45, 2.75) is 0 Å². The fraction of sp³-hybridized carbons (Fsp3) is 0. The second-order valence-corrected chi connectivity index (χ2v) is 3.92. The lowest BCUT2D eigenvalue weighted by Gasteiger charge is -2.07. The Labute approximate surface area is 113 Å². The van der Waals surface area contributed by atoms with Crippen LogP contribution in [0.3, 0.4) is 0 Å². The first-order valence-corrected chi connectivity index (χ1v) is 5.24. The van der Waals surface area contributed by atoms with Crippen molar-refractivity contribution in [2.75, 3.05) is 0 Å². The summed E-state index contributed by atoms with van der Waals surface area (Å²) < 4.78 is 104. The van der Waals surface area contributed by atoms with E-state index < -0.39 is 57.5 Å². The lowest BCUT2D eigenvalue weighted by atomic mass is 9.63. The van der Waals surface area contributed by atoms with Crippen molar-refractivity contribution in [1.82, 2.24) is 0 Å². The van der Waals surface area contributed by atoms with Crippen LogP contribution in [0.5, 0.6) is 0 Å². The second-order valence-electron chi connectivity index (χ2n) is 3.92. The van der Waals surface area contributed by atoms with Gasteiger partial charge in [-0.25, -0.2) is 35.1 Å². The van der Waals surface area contributed by atoms with Gasteiger partial charge in [0.15, 0.2) is 53.8 Å². The molecular weight excluding hydrogens is 307 g/mol. The van der Waals surface area contributed by atoms with Crippen molar-refractivity contribution in [3.63, 3.8) is 0 Å². The van der Waals surface area contributed by atoms with Crippen LogP contribution in [0.1, 0.15) is 0 Å². The highest BCUT2D eigenvalue weighted by Crippen LogP contribution is 2.14. The van der Waals surface area contributed by atoms with E-state index in [1.807, 2.05) is 0 Å². The molecule has 0 amide bonds. The van der Waals surface area contributed by atoms with Gasteiger partial charge in [0, 0.05) is 0 Å². The van der Waals surface area contributed by atoms with Gasteiger partial charge in [0.2, 0.25) is 0 Å². The summed E-state index contributed by atoms with van der Waals surface area (Å²) in [5.74, 6) is -15.9. The third kappa shape index (κ3) is 2.59. The maximum atomic E-state index is 13.3. The van der Waals surface area contributed by atoms with Gasteiger partial charge in [0.25, 0.3) is 0 Å². The van der Waals surface area contributed by atoms with Gasteiger partial charge >= 0.3 is 0 Å². The predicted molar refractivity (Wildman–Crippen MR) is 57.6 cm³/mol. The van der Waals surface area contributed by atoms with Gasteiger partial charge in [-0.1, -0.05) is 0 Å². The molecule has 0 N–H and O–H groups in total. The first kappa shape index (κ1) is 15.3. The summed E-state index contributed by atoms with van der Waals surface area (Å²) in [5.41, 5.74) is -2.01. The molecule has 0 fully saturated rings. The Bertz CT molecular complexity index is 667. The fourth-order valence-corrected chi connectivity index (χ4v) is 1.56. The average Bonchev–Trinajstić information content (AvgIpc) is 2.45. The molecule has 21 heavy (non-hydrogen) atoms. The Hall–Kier alpha value is -2.06. The van der Waals surface area contributed by atoms with Crippen molar-refractivity contribution in [1.29, 1.82) is 0 Å². The topological polar surface area (TPSA) is 0 Å². The summed E-state index contributed by atoms with van der Waals surface area (Å²) in [5, 5.41) is 0. The van der Waals surface area contributed by atoms with E-state index in [0.29, 0.717) is 7.28 Å². The average molecular weight is 309 g/mol. The van der Waals surface area contributed by atoms with Crippen molar-refractivity contribution in [3.8, 4) is 0 Å². The molecule has 0 nitrogen and oxygen atoms in total. The zero-order valence-electron chi connectivity index (χ0n) is 9.76. The van der Waals surface area contributed by atoms with E-state index in [4.69, 9.17) is 0 Å². The zero-order valence-corrected chi connectivity index (χ0v) is 9.76. The zero-order chi connectivity index (χ0) is 15.9. The Morgan fingerprint density at radius 1 is 0.476 bits per heavy atom. The minimum absolute atomic E-state index is 0.159. The lowest BCUT2D eigenvalue weighted by Crippen LogP contribution is -2.34. The molecule has 2 rings (SSSR count). The van der Waals surface area contributed by atoms with Gasteiger partial charge in [-0.05, 0) is 23.1 Å². The Kier molecular flexibility index (Phi) is 3.93. The lowest BCUT2D eigenvalue weighted by molar-refractivity contribution is 0.411. The second kappa shape index (κ2) is 5.38. The fourth-order valence-electron chi connectivity index (χ4n) is 1.56. The molecule has 0 heterocycles. The third-order valence-electron chi connectivity index (χ3n) is 2.57. The largest absolute Gasteiger partial charge is 0.204 e. The monoisotopic (exact) mass is 309 g/mol. The van der Waals surface area contributed by atoms with Gasteiger partial charge in [0.1, 0.15) is 0 Å². The number of hydrogen-bond acceptors (Lipinski definition) is 0. The van der Waals surface area contributed by atoms with Crippen LogP contribution >= 0.6 is 0 Å². The molecule has 0 aliphatic rings. The van der Waals surface area contributed by atoms with Crippen LogP contribution in [0.4, 0.5) is 35.1 Å². The van der Waals surface area contributed by atoms with E-state index in [1.165, 1.54) is 0 Å². The first-order valence-electron chi connectivity index (χ1n) is 5.24. The summed E-state index contributed by atoms with van der Waals surface area (Å²) in [6.07, 6.45) is 0. The van der Waals surface area contributed by atoms with Gasteiger partial charge in [0.05, 0.1) is 0 Å². The Morgan fingerprint density at radius 3 is 1.14 bits per heavy atom. The summed E-state index contributed by atoms with van der Waals surface area (Å²) in [6.45, 7) is 0. The van der Waals surface area contributed by atoms with Gasteiger partial charge in [-0.2, -0.15) is 0 Å². The first-order chi connectivity index (χ1) is 9.73. The van der Waals surface area contributed by atoms with Crippen LogP contribution < -0.4 is 10.9 Å². The maximum Gasteiger partial charge on any atom is 0.199 e. The molecule has 0 aromatic heterocycles. The molecule has 0 spiro atoms. The van der Waals surface area contributed by atoms with Crippen molar-refractivity contribution in [2.24, 2.45) is 0 Å². The van der Waals surface area contributed by atoms with Crippen LogP contribution in [0, 0.1) is 46.5 Å². The standard InChI is InChI=1S/C12H2BF8/c14-5-1-3(7(16)11(20)9(5)18)13-4-2-6(15)10(19)12(21)8(4)17/h1-2H. The molecule has 0 atom stereocenters. The van der Waals surface area contributed by atoms with Crippen molar-refractivity contribution < 1.29 is 35.1 Å². The molecular formula is C12H2BF8. The summed E-state index contributed by atoms with van der Waals surface area (Å²) >= 11 is 0. The molecule has 1 radical (unpaired) electrons. The number of hydrogen-bond donors (Lipinski definition) is 0. The highest BCUT2D eigenvalue weighted by atomic mass is 19.2. The van der Waals surface area contributed by atoms with Crippen LogP contribution in [-0.2, 0) is 0 Å². The smallest absolute Gasteiger partial charge is 0.199 e. The number of benzene rings is 2. The molecule has 2 aromatic rings. The summed E-state index contributed by atoms with van der Waals surface area (Å²) in [6, 6.07) is 0.318. The normalized spacial score (nSPS) is 10.9. The molecule has 0 saturated heterocycles. The molecule has 0 bridgehead atoms. The highest BCUT2D eigenvalue weighted by molar-refractivity contribution is 6.67.